The maximum Gasteiger partial charge on any atom is 0.297 e. The fraction of sp³-hybridized carbons (Fsp3) is 0.615. The van der Waals surface area contributed by atoms with Gasteiger partial charge in [-0.05, 0) is 47.7 Å². The highest BCUT2D eigenvalue weighted by molar-refractivity contribution is 5.95. The quantitative estimate of drug-likeness (QED) is 0.590. The van der Waals surface area contributed by atoms with Gasteiger partial charge < -0.3 is 20.1 Å². The number of carbonyl (C=O) groups is 1. The summed E-state index contributed by atoms with van der Waals surface area (Å²) >= 11 is 0. The van der Waals surface area contributed by atoms with Crippen molar-refractivity contribution in [2.45, 2.75) is 58.5 Å². The van der Waals surface area contributed by atoms with Gasteiger partial charge in [-0.2, -0.15) is 0 Å². The van der Waals surface area contributed by atoms with Crippen molar-refractivity contribution in [1.29, 1.82) is 0 Å². The lowest BCUT2D eigenvalue weighted by Crippen LogP contribution is -2.66. The maximum atomic E-state index is 14.3. The Morgan fingerprint density at radius 1 is 1.39 bits per heavy atom. The van der Waals surface area contributed by atoms with E-state index >= 15 is 0 Å². The molecular weight excluding hydrogens is 420 g/mol. The summed E-state index contributed by atoms with van der Waals surface area (Å²) in [5.74, 6) is -0.295. The summed E-state index contributed by atoms with van der Waals surface area (Å²) in [7, 11) is 0. The largest absolute Gasteiger partial charge is 0.454 e. The van der Waals surface area contributed by atoms with Crippen LogP contribution in [0.25, 0.3) is 0 Å². The summed E-state index contributed by atoms with van der Waals surface area (Å²) in [4.78, 5) is 18.6. The van der Waals surface area contributed by atoms with Crippen molar-refractivity contribution >= 4 is 5.78 Å². The molecule has 2 bridgehead atoms. The molecule has 0 aromatic carbocycles. The molecule has 33 heavy (non-hydrogen) atoms. The van der Waals surface area contributed by atoms with Crippen molar-refractivity contribution in [2.24, 2.45) is 34.5 Å². The average Bonchev–Trinajstić information content (AvgIpc) is 3.04. The fourth-order valence-electron chi connectivity index (χ4n) is 7.39. The number of hydrogen-bond donors (Lipinski definition) is 3. The average molecular weight is 455 g/mol. The van der Waals surface area contributed by atoms with Gasteiger partial charge in [-0.3, -0.25) is 9.36 Å². The van der Waals surface area contributed by atoms with E-state index in [9.17, 15) is 20.1 Å². The van der Waals surface area contributed by atoms with E-state index in [-0.39, 0.29) is 34.6 Å². The number of ketones is 1. The van der Waals surface area contributed by atoms with E-state index < -0.39 is 35.7 Å². The highest BCUT2D eigenvalue weighted by atomic mass is 16.5. The number of allylic oxidation sites excluding steroid dienone is 2. The molecule has 178 valence electrons. The van der Waals surface area contributed by atoms with Crippen molar-refractivity contribution in [3.8, 4) is 6.01 Å². The van der Waals surface area contributed by atoms with E-state index in [0.717, 1.165) is 6.42 Å². The number of imidazole rings is 1. The zero-order valence-electron chi connectivity index (χ0n) is 19.7. The van der Waals surface area contributed by atoms with Crippen LogP contribution in [-0.2, 0) is 11.3 Å². The van der Waals surface area contributed by atoms with E-state index in [1.165, 1.54) is 0 Å². The second-order valence-corrected chi connectivity index (χ2v) is 11.0. The van der Waals surface area contributed by atoms with E-state index in [1.807, 2.05) is 19.9 Å². The Morgan fingerprint density at radius 3 is 2.79 bits per heavy atom. The fourth-order valence-corrected chi connectivity index (χ4v) is 7.39. The number of ether oxygens (including phenoxy) is 1. The van der Waals surface area contributed by atoms with Gasteiger partial charge in [0.1, 0.15) is 6.10 Å². The van der Waals surface area contributed by atoms with Crippen molar-refractivity contribution in [2.75, 3.05) is 6.61 Å². The lowest BCUT2D eigenvalue weighted by atomic mass is 9.59. The Kier molecular flexibility index (Phi) is 4.88. The highest BCUT2D eigenvalue weighted by Gasteiger charge is 2.76. The molecule has 0 amide bonds. The molecule has 0 saturated heterocycles. The van der Waals surface area contributed by atoms with Crippen molar-refractivity contribution < 1.29 is 24.9 Å². The van der Waals surface area contributed by atoms with Crippen LogP contribution in [-0.4, -0.2) is 55.1 Å². The Hall–Kier alpha value is -2.22. The van der Waals surface area contributed by atoms with Gasteiger partial charge in [-0.15, -0.1) is 6.58 Å². The number of aromatic nitrogens is 2. The normalized spacial score (nSPS) is 42.9. The molecule has 1 heterocycles. The summed E-state index contributed by atoms with van der Waals surface area (Å²) in [6, 6.07) is 0.276. The Morgan fingerprint density at radius 2 is 2.12 bits per heavy atom. The number of aliphatic hydroxyl groups is 3. The molecule has 4 aliphatic carbocycles. The molecule has 3 N–H and O–H groups in total. The van der Waals surface area contributed by atoms with Gasteiger partial charge in [0.05, 0.1) is 12.0 Å². The Balaban J connectivity index is 1.67. The van der Waals surface area contributed by atoms with Crippen LogP contribution in [0, 0.1) is 34.5 Å². The van der Waals surface area contributed by atoms with Crippen LogP contribution in [0.15, 0.2) is 48.3 Å². The van der Waals surface area contributed by atoms with Gasteiger partial charge in [0.15, 0.2) is 17.5 Å². The molecule has 0 radical (unpaired) electrons. The standard InChI is InChI=1S/C26H34N2O5/c1-6-8-28-9-7-27-23(28)33-22-14(2)12-25-15(3)10-18-19(24(18,4)5)17(21(25)31)11-16(13-29)20(30)26(22,25)32/h6-7,9,11-12,15,17-20,22,29-30,32H,1,8,10,13H2,2-5H3/t15-,17+,18-,19+,20-,22+,25+,26+/m1/s1. The molecule has 1 aromatic rings. The maximum absolute atomic E-state index is 14.3. The molecule has 4 aliphatic rings. The third-order valence-electron chi connectivity index (χ3n) is 9.12. The van der Waals surface area contributed by atoms with Crippen LogP contribution in [0.5, 0.6) is 6.01 Å². The van der Waals surface area contributed by atoms with Gasteiger partial charge in [-0.25, -0.2) is 4.98 Å². The molecule has 5 rings (SSSR count). The molecule has 0 aliphatic heterocycles. The van der Waals surface area contributed by atoms with Crippen LogP contribution in [0.2, 0.25) is 0 Å². The van der Waals surface area contributed by atoms with Crippen molar-refractivity contribution in [3.05, 3.63) is 48.3 Å². The zero-order valence-corrected chi connectivity index (χ0v) is 19.7. The minimum absolute atomic E-state index is 0.00335. The van der Waals surface area contributed by atoms with E-state index in [4.69, 9.17) is 4.74 Å². The molecular formula is C26H34N2O5. The van der Waals surface area contributed by atoms with Gasteiger partial charge in [0, 0.05) is 24.9 Å². The first-order valence-electron chi connectivity index (χ1n) is 11.8. The minimum atomic E-state index is -1.97. The molecule has 8 atom stereocenters. The summed E-state index contributed by atoms with van der Waals surface area (Å²) < 4.78 is 8.02. The summed E-state index contributed by atoms with van der Waals surface area (Å²) in [6.45, 7) is 12.0. The first kappa shape index (κ1) is 22.6. The lowest BCUT2D eigenvalue weighted by molar-refractivity contribution is -0.186. The summed E-state index contributed by atoms with van der Waals surface area (Å²) in [5, 5.41) is 34.2. The van der Waals surface area contributed by atoms with Crippen molar-refractivity contribution in [3.63, 3.8) is 0 Å². The molecule has 7 nitrogen and oxygen atoms in total. The zero-order chi connectivity index (χ0) is 23.9. The van der Waals surface area contributed by atoms with Gasteiger partial charge in [0.2, 0.25) is 0 Å². The SMILES string of the molecule is C=CCn1ccnc1O[C@H]1C(C)=C[C@]23C(=O)[C@@H](C=C(CO)[C@@H](O)[C@]12O)[C@H]1[C@@H](C[C@H]3C)C1(C)C. The predicted octanol–water partition coefficient (Wildman–Crippen LogP) is 2.28. The highest BCUT2D eigenvalue weighted by Crippen LogP contribution is 2.71. The molecule has 1 spiro atoms. The van der Waals surface area contributed by atoms with E-state index in [1.54, 1.807) is 29.1 Å². The van der Waals surface area contributed by atoms with Crippen LogP contribution >= 0.6 is 0 Å². The third kappa shape index (κ3) is 2.67. The van der Waals surface area contributed by atoms with Crippen LogP contribution in [0.1, 0.15) is 34.1 Å². The third-order valence-corrected chi connectivity index (χ3v) is 9.12. The summed E-state index contributed by atoms with van der Waals surface area (Å²) in [6.07, 6.45) is 6.95. The second kappa shape index (κ2) is 7.14. The smallest absolute Gasteiger partial charge is 0.297 e. The van der Waals surface area contributed by atoms with Gasteiger partial charge in [0.25, 0.3) is 6.01 Å². The molecule has 2 fully saturated rings. The number of hydrogen-bond acceptors (Lipinski definition) is 6. The minimum Gasteiger partial charge on any atom is -0.454 e. The number of carbonyl (C=O) groups excluding carboxylic acids is 1. The van der Waals surface area contributed by atoms with Crippen LogP contribution in [0.4, 0.5) is 0 Å². The Bertz CT molecular complexity index is 1070. The van der Waals surface area contributed by atoms with Gasteiger partial charge in [-0.1, -0.05) is 39.0 Å². The van der Waals surface area contributed by atoms with Crippen LogP contribution < -0.4 is 4.74 Å². The predicted molar refractivity (Wildman–Crippen MR) is 122 cm³/mol. The van der Waals surface area contributed by atoms with Crippen LogP contribution in [0.3, 0.4) is 0 Å². The number of fused-ring (bicyclic) bond motifs is 3. The van der Waals surface area contributed by atoms with E-state index in [0.29, 0.717) is 18.0 Å². The molecule has 1 aromatic heterocycles. The first-order valence-corrected chi connectivity index (χ1v) is 11.8. The summed E-state index contributed by atoms with van der Waals surface area (Å²) in [5.41, 5.74) is -2.33. The number of rotatable bonds is 5. The topological polar surface area (TPSA) is 105 Å². The monoisotopic (exact) mass is 454 g/mol. The van der Waals surface area contributed by atoms with Crippen molar-refractivity contribution in [1.82, 2.24) is 9.55 Å². The number of aliphatic hydroxyl groups excluding tert-OH is 2. The molecule has 2 saturated carbocycles. The Labute approximate surface area is 194 Å². The number of Topliss-reactive ketones (excluding diaryl/α,β-unsaturated/α-hetero) is 1. The second-order valence-electron chi connectivity index (χ2n) is 11.0. The van der Waals surface area contributed by atoms with Gasteiger partial charge >= 0.3 is 0 Å². The molecule has 0 unspecified atom stereocenters. The molecule has 7 heteroatoms. The number of nitrogens with zero attached hydrogens (tertiary/aromatic N) is 2. The lowest BCUT2D eigenvalue weighted by Gasteiger charge is -2.48. The first-order chi connectivity index (χ1) is 15.5. The van der Waals surface area contributed by atoms with E-state index in [2.05, 4.69) is 25.4 Å².